The second-order valence-corrected chi connectivity index (χ2v) is 5.08. The second kappa shape index (κ2) is 4.91. The van der Waals surface area contributed by atoms with Gasteiger partial charge in [-0.05, 0) is 24.0 Å². The van der Waals surface area contributed by atoms with Gasteiger partial charge >= 0.3 is 12.0 Å². The lowest BCUT2D eigenvalue weighted by Gasteiger charge is -2.26. The Kier molecular flexibility index (Phi) is 3.46. The predicted octanol–water partition coefficient (Wildman–Crippen LogP) is 2.10. The van der Waals surface area contributed by atoms with Crippen molar-refractivity contribution in [3.63, 3.8) is 0 Å². The number of para-hydroxylation sites is 1. The first kappa shape index (κ1) is 13.4. The maximum atomic E-state index is 12.0. The summed E-state index contributed by atoms with van der Waals surface area (Å²) < 4.78 is 0. The zero-order valence-corrected chi connectivity index (χ0v) is 11.3. The summed E-state index contributed by atoms with van der Waals surface area (Å²) in [5.74, 6) is -0.769. The van der Waals surface area contributed by atoms with Gasteiger partial charge in [0, 0.05) is 0 Å². The number of amides is 2. The summed E-state index contributed by atoms with van der Waals surface area (Å²) in [6, 6.07) is 4.58. The molecule has 2 N–H and O–H groups in total. The molecule has 2 rings (SSSR count). The smallest absolute Gasteiger partial charge is 0.328 e. The topological polar surface area (TPSA) is 69.6 Å². The molecule has 1 atom stereocenters. The number of benzene rings is 1. The molecule has 1 aromatic carbocycles. The van der Waals surface area contributed by atoms with E-state index in [-0.39, 0.29) is 18.5 Å². The summed E-state index contributed by atoms with van der Waals surface area (Å²) in [5, 5.41) is 11.8. The van der Waals surface area contributed by atoms with Crippen LogP contribution in [0.3, 0.4) is 0 Å². The number of aryl methyl sites for hydroxylation is 1. The Bertz CT molecular complexity index is 525. The number of carbonyl (C=O) groups is 2. The molecule has 0 aromatic heterocycles. The highest BCUT2D eigenvalue weighted by molar-refractivity contribution is 6.02. The molecule has 1 aliphatic rings. The zero-order valence-electron chi connectivity index (χ0n) is 11.3. The summed E-state index contributed by atoms with van der Waals surface area (Å²) in [6.45, 7) is 6.09. The minimum atomic E-state index is -0.990. The third-order valence-corrected chi connectivity index (χ3v) is 3.39. The molecular formula is C14H18N2O3. The molecule has 1 aliphatic heterocycles. The lowest BCUT2D eigenvalue weighted by atomic mass is 9.97. The third-order valence-electron chi connectivity index (χ3n) is 3.39. The van der Waals surface area contributed by atoms with Gasteiger partial charge in [0.05, 0.1) is 12.2 Å². The fraction of sp³-hybridized carbons (Fsp3) is 0.429. The quantitative estimate of drug-likeness (QED) is 0.876. The molecule has 1 saturated heterocycles. The largest absolute Gasteiger partial charge is 0.480 e. The first-order valence-electron chi connectivity index (χ1n) is 6.33. The number of aliphatic carboxylic acids is 1. The van der Waals surface area contributed by atoms with Crippen LogP contribution in [0.15, 0.2) is 18.2 Å². The van der Waals surface area contributed by atoms with E-state index < -0.39 is 12.0 Å². The van der Waals surface area contributed by atoms with Gasteiger partial charge in [0.2, 0.25) is 0 Å². The Balaban J connectivity index is 2.56. The Hall–Kier alpha value is -2.04. The molecule has 5 heteroatoms. The van der Waals surface area contributed by atoms with Gasteiger partial charge in [-0.2, -0.15) is 0 Å². The number of hydrogen-bond donors (Lipinski definition) is 2. The number of hydrogen-bond acceptors (Lipinski definition) is 2. The maximum Gasteiger partial charge on any atom is 0.328 e. The van der Waals surface area contributed by atoms with Crippen molar-refractivity contribution >= 4 is 17.7 Å². The van der Waals surface area contributed by atoms with Crippen molar-refractivity contribution in [1.82, 2.24) is 5.32 Å². The van der Waals surface area contributed by atoms with Crippen LogP contribution in [0.1, 0.15) is 30.9 Å². The first-order valence-corrected chi connectivity index (χ1v) is 6.33. The van der Waals surface area contributed by atoms with E-state index in [1.54, 1.807) is 0 Å². The van der Waals surface area contributed by atoms with E-state index in [0.29, 0.717) is 0 Å². The minimum Gasteiger partial charge on any atom is -0.480 e. The van der Waals surface area contributed by atoms with Crippen molar-refractivity contribution in [2.24, 2.45) is 0 Å². The van der Waals surface area contributed by atoms with Gasteiger partial charge in [-0.3, -0.25) is 4.90 Å². The molecule has 0 saturated carbocycles. The van der Waals surface area contributed by atoms with Crippen LogP contribution >= 0.6 is 0 Å². The monoisotopic (exact) mass is 262 g/mol. The van der Waals surface area contributed by atoms with Gasteiger partial charge < -0.3 is 10.4 Å². The van der Waals surface area contributed by atoms with E-state index in [1.165, 1.54) is 4.90 Å². The molecule has 1 fully saturated rings. The molecule has 102 valence electrons. The summed E-state index contributed by atoms with van der Waals surface area (Å²) in [7, 11) is 0. The molecule has 0 spiro atoms. The average Bonchev–Trinajstić information content (AvgIpc) is 2.70. The van der Waals surface area contributed by atoms with Crippen molar-refractivity contribution < 1.29 is 14.7 Å². The van der Waals surface area contributed by atoms with E-state index in [2.05, 4.69) is 5.32 Å². The van der Waals surface area contributed by atoms with Crippen molar-refractivity contribution in [2.75, 3.05) is 11.4 Å². The Morgan fingerprint density at radius 2 is 2.16 bits per heavy atom. The first-order chi connectivity index (χ1) is 8.93. The Labute approximate surface area is 112 Å². The van der Waals surface area contributed by atoms with Crippen LogP contribution in [0.25, 0.3) is 0 Å². The fourth-order valence-electron chi connectivity index (χ4n) is 2.43. The second-order valence-electron chi connectivity index (χ2n) is 5.08. The molecule has 1 heterocycles. The highest BCUT2D eigenvalue weighted by atomic mass is 16.4. The van der Waals surface area contributed by atoms with E-state index in [0.717, 1.165) is 16.8 Å². The minimum absolute atomic E-state index is 0.139. The third kappa shape index (κ3) is 2.28. The van der Waals surface area contributed by atoms with Crippen molar-refractivity contribution in [3.05, 3.63) is 29.3 Å². The van der Waals surface area contributed by atoms with Crippen LogP contribution in [-0.2, 0) is 4.79 Å². The van der Waals surface area contributed by atoms with E-state index >= 15 is 0 Å². The van der Waals surface area contributed by atoms with Crippen molar-refractivity contribution in [3.8, 4) is 0 Å². The van der Waals surface area contributed by atoms with Crippen molar-refractivity contribution in [1.29, 1.82) is 0 Å². The summed E-state index contributed by atoms with van der Waals surface area (Å²) in [5.41, 5.74) is 2.62. The number of carbonyl (C=O) groups excluding carboxylic acids is 1. The van der Waals surface area contributed by atoms with Gasteiger partial charge in [0.1, 0.15) is 0 Å². The molecule has 5 nitrogen and oxygen atoms in total. The lowest BCUT2D eigenvalue weighted by Crippen LogP contribution is -2.40. The number of carboxylic acid groups (broad SMARTS) is 1. The average molecular weight is 262 g/mol. The molecule has 0 bridgehead atoms. The van der Waals surface area contributed by atoms with E-state index in [1.807, 2.05) is 39.0 Å². The maximum absolute atomic E-state index is 12.0. The van der Waals surface area contributed by atoms with E-state index in [9.17, 15) is 14.7 Å². The molecule has 0 aliphatic carbocycles. The summed E-state index contributed by atoms with van der Waals surface area (Å²) >= 11 is 0. The van der Waals surface area contributed by atoms with Gasteiger partial charge in [-0.1, -0.05) is 32.0 Å². The standard InChI is InChI=1S/C14H18N2O3/c1-8(2)10-6-4-5-9(3)12(10)16-11(13(17)18)7-15-14(16)19/h4-6,8,11H,7H2,1-3H3,(H,15,19)(H,17,18). The highest BCUT2D eigenvalue weighted by Gasteiger charge is 2.38. The van der Waals surface area contributed by atoms with Crippen LogP contribution in [-0.4, -0.2) is 29.7 Å². The van der Waals surface area contributed by atoms with Crippen LogP contribution in [0, 0.1) is 6.92 Å². The number of nitrogens with zero attached hydrogens (tertiary/aromatic N) is 1. The van der Waals surface area contributed by atoms with Crippen molar-refractivity contribution in [2.45, 2.75) is 32.7 Å². The molecule has 0 radical (unpaired) electrons. The van der Waals surface area contributed by atoms with Gasteiger partial charge in [-0.15, -0.1) is 0 Å². The molecule has 1 aromatic rings. The number of carboxylic acids is 1. The Morgan fingerprint density at radius 3 is 2.74 bits per heavy atom. The van der Waals surface area contributed by atoms with Crippen LogP contribution in [0.5, 0.6) is 0 Å². The predicted molar refractivity (Wildman–Crippen MR) is 72.6 cm³/mol. The number of nitrogens with one attached hydrogen (secondary N) is 1. The normalized spacial score (nSPS) is 18.8. The number of urea groups is 1. The lowest BCUT2D eigenvalue weighted by molar-refractivity contribution is -0.137. The van der Waals surface area contributed by atoms with Gasteiger partial charge in [0.15, 0.2) is 6.04 Å². The molecule has 1 unspecified atom stereocenters. The van der Waals surface area contributed by atoms with Gasteiger partial charge in [-0.25, -0.2) is 9.59 Å². The molecule has 2 amide bonds. The molecular weight excluding hydrogens is 244 g/mol. The van der Waals surface area contributed by atoms with Crippen LogP contribution in [0.4, 0.5) is 10.5 Å². The van der Waals surface area contributed by atoms with Crippen LogP contribution < -0.4 is 10.2 Å². The zero-order chi connectivity index (χ0) is 14.2. The van der Waals surface area contributed by atoms with Crippen LogP contribution in [0.2, 0.25) is 0 Å². The number of rotatable bonds is 3. The summed E-state index contributed by atoms with van der Waals surface area (Å²) in [6.07, 6.45) is 0. The fourth-order valence-corrected chi connectivity index (χ4v) is 2.43. The van der Waals surface area contributed by atoms with Gasteiger partial charge in [0.25, 0.3) is 0 Å². The highest BCUT2D eigenvalue weighted by Crippen LogP contribution is 2.33. The number of anilines is 1. The Morgan fingerprint density at radius 1 is 1.47 bits per heavy atom. The summed E-state index contributed by atoms with van der Waals surface area (Å²) in [4.78, 5) is 24.6. The molecule has 19 heavy (non-hydrogen) atoms. The van der Waals surface area contributed by atoms with E-state index in [4.69, 9.17) is 0 Å². The SMILES string of the molecule is Cc1cccc(C(C)C)c1N1C(=O)NCC1C(=O)O.